The third kappa shape index (κ3) is 9.73. The van der Waals surface area contributed by atoms with Crippen LogP contribution in [0, 0.1) is 6.92 Å². The molecule has 0 saturated carbocycles. The molecule has 13 heteroatoms. The van der Waals surface area contributed by atoms with Crippen LogP contribution in [0.2, 0.25) is 0 Å². The number of amides is 2. The zero-order valence-corrected chi connectivity index (χ0v) is 27.6. The lowest BCUT2D eigenvalue weighted by Gasteiger charge is -2.47. The maximum absolute atomic E-state index is 12.8. The van der Waals surface area contributed by atoms with Crippen LogP contribution in [-0.4, -0.2) is 66.3 Å². The number of unbranched alkanes of at least 4 members (excludes halogenated alkanes) is 10. The molecule has 1 aliphatic rings. The first-order valence-electron chi connectivity index (χ1n) is 16.2. The lowest BCUT2D eigenvalue weighted by Crippen LogP contribution is -2.65. The Bertz CT molecular complexity index is 1360. The van der Waals surface area contributed by atoms with Crippen LogP contribution in [0.15, 0.2) is 21.3 Å². The summed E-state index contributed by atoms with van der Waals surface area (Å²) in [5, 5.41) is 24.2. The molecular formula is C33H50N2O11. The molecule has 2 amide bonds. The molecule has 0 spiro atoms. The molecule has 1 fully saturated rings. The van der Waals surface area contributed by atoms with Gasteiger partial charge in [0.2, 0.25) is 6.29 Å². The number of hydrogen-bond donors (Lipinski definition) is 4. The maximum atomic E-state index is 12.8. The minimum Gasteiger partial charge on any atom is -0.505 e. The highest BCUT2D eigenvalue weighted by molar-refractivity contribution is 5.95. The summed E-state index contributed by atoms with van der Waals surface area (Å²) < 4.78 is 33.1. The van der Waals surface area contributed by atoms with Crippen molar-refractivity contribution in [2.75, 3.05) is 19.0 Å². The monoisotopic (exact) mass is 650 g/mol. The summed E-state index contributed by atoms with van der Waals surface area (Å²) in [7, 11) is 1.38. The van der Waals surface area contributed by atoms with Gasteiger partial charge in [0, 0.05) is 12.7 Å². The Morgan fingerprint density at radius 2 is 1.63 bits per heavy atom. The minimum absolute atomic E-state index is 0.0101. The molecule has 1 aliphatic heterocycles. The molecule has 13 nitrogen and oxygen atoms in total. The molecule has 0 unspecified atom stereocenters. The Kier molecular flexibility index (Phi) is 14.0. The predicted octanol–water partition coefficient (Wildman–Crippen LogP) is 6.02. The quantitative estimate of drug-likeness (QED) is 0.116. The standard InChI is InChI=1S/C33H50N2O11/c1-6-7-8-9-10-11-12-13-14-15-16-19-42-32(40)35-23-24(36)21-17-18-22(20(2)26(21)44-29(23)38)43-30-25(37)27(45-31(34)39)28(41-5)33(3,4)46-30/h17-18,25,27-28,30,36-37H,6-16,19H2,1-5H3,(H2,34,39)(H,35,40)/t25-,27+,28-,30-/m1/s1. The molecule has 1 saturated heterocycles. The lowest BCUT2D eigenvalue weighted by molar-refractivity contribution is -0.304. The number of aryl methyl sites for hydroxylation is 1. The number of nitrogens with two attached hydrogens (primary N) is 1. The van der Waals surface area contributed by atoms with Crippen molar-refractivity contribution in [2.24, 2.45) is 5.73 Å². The molecule has 4 atom stereocenters. The molecule has 258 valence electrons. The molecule has 2 aromatic rings. The summed E-state index contributed by atoms with van der Waals surface area (Å²) in [4.78, 5) is 36.7. The smallest absolute Gasteiger partial charge is 0.411 e. The Balaban J connectivity index is 1.58. The average molecular weight is 651 g/mol. The Hall–Kier alpha value is -3.55. The number of aliphatic hydroxyl groups excluding tert-OH is 1. The number of aliphatic hydroxyl groups is 1. The van der Waals surface area contributed by atoms with Gasteiger partial charge >= 0.3 is 17.8 Å². The van der Waals surface area contributed by atoms with Crippen LogP contribution in [0.3, 0.4) is 0 Å². The number of fused-ring (bicyclic) bond motifs is 1. The Labute approximate surface area is 269 Å². The van der Waals surface area contributed by atoms with Crippen molar-refractivity contribution in [3.8, 4) is 11.5 Å². The highest BCUT2D eigenvalue weighted by Crippen LogP contribution is 2.38. The van der Waals surface area contributed by atoms with E-state index in [4.69, 9.17) is 33.8 Å². The summed E-state index contributed by atoms with van der Waals surface area (Å²) in [6, 6.07) is 2.90. The second kappa shape index (κ2) is 17.4. The van der Waals surface area contributed by atoms with Crippen LogP contribution in [0.5, 0.6) is 11.5 Å². The highest BCUT2D eigenvalue weighted by atomic mass is 16.7. The van der Waals surface area contributed by atoms with Gasteiger partial charge < -0.3 is 44.0 Å². The molecule has 2 heterocycles. The first-order chi connectivity index (χ1) is 21.9. The number of ether oxygens (including phenoxy) is 5. The normalized spacial score (nSPS) is 20.7. The van der Waals surface area contributed by atoms with Gasteiger partial charge in [-0.2, -0.15) is 0 Å². The summed E-state index contributed by atoms with van der Waals surface area (Å²) in [6.07, 6.45) is 5.93. The number of carbonyl (C=O) groups excluding carboxylic acids is 2. The van der Waals surface area contributed by atoms with E-state index in [-0.39, 0.29) is 23.3 Å². The first kappa shape index (κ1) is 36.9. The van der Waals surface area contributed by atoms with Gasteiger partial charge in [0.25, 0.3) is 0 Å². The van der Waals surface area contributed by atoms with Gasteiger partial charge in [0.15, 0.2) is 23.6 Å². The molecule has 46 heavy (non-hydrogen) atoms. The van der Waals surface area contributed by atoms with E-state index in [2.05, 4.69) is 12.2 Å². The van der Waals surface area contributed by atoms with Crippen molar-refractivity contribution < 1.29 is 47.9 Å². The van der Waals surface area contributed by atoms with Gasteiger partial charge in [-0.15, -0.1) is 0 Å². The van der Waals surface area contributed by atoms with Crippen LogP contribution in [0.1, 0.15) is 97.0 Å². The number of aromatic hydroxyl groups is 1. The summed E-state index contributed by atoms with van der Waals surface area (Å²) in [5.41, 5.74) is 2.97. The SMILES string of the molecule is CCCCCCCCCCCCCOC(=O)Nc1c(O)c2ccc(O[C@@H]3OC(C)(C)[C@H](OC)[C@@H](OC(N)=O)[C@H]3O)c(C)c2oc1=O. The summed E-state index contributed by atoms with van der Waals surface area (Å²) in [6.45, 7) is 7.32. The number of primary amides is 1. The zero-order valence-electron chi connectivity index (χ0n) is 27.6. The van der Waals surface area contributed by atoms with Crippen molar-refractivity contribution in [1.29, 1.82) is 0 Å². The fraction of sp³-hybridized carbons (Fsp3) is 0.667. The third-order valence-corrected chi connectivity index (χ3v) is 8.22. The van der Waals surface area contributed by atoms with Gasteiger partial charge in [-0.05, 0) is 39.3 Å². The fourth-order valence-corrected chi connectivity index (χ4v) is 5.74. The molecule has 1 aromatic carbocycles. The van der Waals surface area contributed by atoms with Crippen LogP contribution < -0.4 is 21.4 Å². The highest BCUT2D eigenvalue weighted by Gasteiger charge is 2.53. The van der Waals surface area contributed by atoms with Crippen molar-refractivity contribution in [2.45, 2.75) is 129 Å². The van der Waals surface area contributed by atoms with E-state index in [1.165, 1.54) is 64.2 Å². The third-order valence-electron chi connectivity index (χ3n) is 8.22. The summed E-state index contributed by atoms with van der Waals surface area (Å²) in [5.74, 6) is -0.351. The second-order valence-electron chi connectivity index (χ2n) is 12.2. The number of rotatable bonds is 17. The van der Waals surface area contributed by atoms with E-state index in [1.54, 1.807) is 20.8 Å². The van der Waals surface area contributed by atoms with E-state index in [1.807, 2.05) is 0 Å². The van der Waals surface area contributed by atoms with Crippen molar-refractivity contribution in [3.63, 3.8) is 0 Å². The number of anilines is 1. The van der Waals surface area contributed by atoms with E-state index in [0.717, 1.165) is 19.3 Å². The van der Waals surface area contributed by atoms with E-state index in [9.17, 15) is 24.6 Å². The van der Waals surface area contributed by atoms with Crippen LogP contribution in [0.4, 0.5) is 15.3 Å². The van der Waals surface area contributed by atoms with Gasteiger partial charge in [-0.3, -0.25) is 5.32 Å². The van der Waals surface area contributed by atoms with Gasteiger partial charge in [0.05, 0.1) is 17.6 Å². The number of benzene rings is 1. The number of carbonyl (C=O) groups is 2. The molecular weight excluding hydrogens is 600 g/mol. The average Bonchev–Trinajstić information content (AvgIpc) is 2.99. The Morgan fingerprint density at radius 1 is 1.02 bits per heavy atom. The van der Waals surface area contributed by atoms with E-state index in [0.29, 0.717) is 12.0 Å². The Morgan fingerprint density at radius 3 is 2.22 bits per heavy atom. The molecule has 0 aliphatic carbocycles. The maximum Gasteiger partial charge on any atom is 0.411 e. The molecule has 1 aromatic heterocycles. The van der Waals surface area contributed by atoms with E-state index >= 15 is 0 Å². The second-order valence-corrected chi connectivity index (χ2v) is 12.2. The van der Waals surface area contributed by atoms with Crippen molar-refractivity contribution in [3.05, 3.63) is 28.1 Å². The first-order valence-corrected chi connectivity index (χ1v) is 16.2. The minimum atomic E-state index is -1.50. The van der Waals surface area contributed by atoms with Crippen LogP contribution >= 0.6 is 0 Å². The topological polar surface area (TPSA) is 189 Å². The molecule has 0 bridgehead atoms. The van der Waals surface area contributed by atoms with Gasteiger partial charge in [0.1, 0.15) is 17.4 Å². The van der Waals surface area contributed by atoms with Crippen LogP contribution in [-0.2, 0) is 18.9 Å². The largest absolute Gasteiger partial charge is 0.505 e. The van der Waals surface area contributed by atoms with Crippen molar-refractivity contribution in [1.82, 2.24) is 0 Å². The lowest BCUT2D eigenvalue weighted by atomic mass is 9.89. The van der Waals surface area contributed by atoms with Crippen molar-refractivity contribution >= 4 is 28.8 Å². The predicted molar refractivity (Wildman–Crippen MR) is 171 cm³/mol. The van der Waals surface area contributed by atoms with Gasteiger partial charge in [-0.25, -0.2) is 14.4 Å². The molecule has 3 rings (SSSR count). The number of nitrogens with one attached hydrogen (secondary N) is 1. The number of hydrogen-bond acceptors (Lipinski definition) is 11. The fourth-order valence-electron chi connectivity index (χ4n) is 5.74. The zero-order chi connectivity index (χ0) is 33.9. The molecule has 0 radical (unpaired) electrons. The summed E-state index contributed by atoms with van der Waals surface area (Å²) >= 11 is 0. The van der Waals surface area contributed by atoms with Gasteiger partial charge in [-0.1, -0.05) is 71.1 Å². The van der Waals surface area contributed by atoms with E-state index < -0.39 is 59.5 Å². The van der Waals surface area contributed by atoms with Crippen LogP contribution in [0.25, 0.3) is 11.0 Å². The molecule has 5 N–H and O–H groups in total. The number of methoxy groups -OCH3 is 1.